The minimum absolute atomic E-state index is 0.0710. The van der Waals surface area contributed by atoms with Crippen LogP contribution in [0.25, 0.3) is 0 Å². The zero-order chi connectivity index (χ0) is 15.8. The Balaban J connectivity index is 2.62. The topological polar surface area (TPSA) is 92.6 Å². The van der Waals surface area contributed by atoms with Gasteiger partial charge < -0.3 is 5.32 Å². The summed E-state index contributed by atoms with van der Waals surface area (Å²) < 4.78 is 27.0. The summed E-state index contributed by atoms with van der Waals surface area (Å²) >= 11 is 0. The minimum atomic E-state index is -3.71. The third kappa shape index (κ3) is 2.78. The monoisotopic (exact) mass is 313 g/mol. The van der Waals surface area contributed by atoms with E-state index < -0.39 is 14.9 Å². The first-order valence-corrected chi connectivity index (χ1v) is 8.17. The molecule has 0 bridgehead atoms. The molecule has 21 heavy (non-hydrogen) atoms. The molecule has 0 radical (unpaired) electrons. The second-order valence-electron chi connectivity index (χ2n) is 5.22. The number of benzene rings is 1. The van der Waals surface area contributed by atoms with Crippen LogP contribution in [0.5, 0.6) is 0 Å². The van der Waals surface area contributed by atoms with E-state index in [1.54, 1.807) is 19.9 Å². The summed E-state index contributed by atoms with van der Waals surface area (Å²) in [7, 11) is -3.71. The summed E-state index contributed by atoms with van der Waals surface area (Å²) in [6.07, 6.45) is 0. The lowest BCUT2D eigenvalue weighted by Gasteiger charge is -2.28. The van der Waals surface area contributed by atoms with E-state index in [0.29, 0.717) is 37.3 Å². The van der Waals surface area contributed by atoms with Gasteiger partial charge in [-0.2, -0.15) is 4.31 Å². The van der Waals surface area contributed by atoms with Gasteiger partial charge in [-0.25, -0.2) is 8.42 Å². The number of nitro groups is 1. The van der Waals surface area contributed by atoms with Gasteiger partial charge in [-0.1, -0.05) is 0 Å². The number of nitro benzene ring substituents is 1. The number of hydrogen-bond donors (Lipinski definition) is 1. The van der Waals surface area contributed by atoms with Crippen molar-refractivity contribution in [3.8, 4) is 0 Å². The van der Waals surface area contributed by atoms with E-state index in [0.717, 1.165) is 0 Å². The van der Waals surface area contributed by atoms with Gasteiger partial charge in [0.2, 0.25) is 10.0 Å². The average Bonchev–Trinajstić information content (AvgIpc) is 2.38. The Morgan fingerprint density at radius 1 is 1.19 bits per heavy atom. The smallest absolute Gasteiger partial charge is 0.276 e. The van der Waals surface area contributed by atoms with Crippen molar-refractivity contribution < 1.29 is 13.3 Å². The number of sulfonamides is 1. The fraction of sp³-hybridized carbons (Fsp3) is 0.538. The summed E-state index contributed by atoms with van der Waals surface area (Å²) in [5.74, 6) is 0. The average molecular weight is 313 g/mol. The van der Waals surface area contributed by atoms with Gasteiger partial charge >= 0.3 is 0 Å². The van der Waals surface area contributed by atoms with E-state index in [1.807, 2.05) is 0 Å². The predicted molar refractivity (Wildman–Crippen MR) is 78.9 cm³/mol. The number of aryl methyl sites for hydroxylation is 2. The first kappa shape index (κ1) is 15.9. The van der Waals surface area contributed by atoms with Crippen LogP contribution in [0.4, 0.5) is 5.69 Å². The Morgan fingerprint density at radius 2 is 1.76 bits per heavy atom. The van der Waals surface area contributed by atoms with E-state index >= 15 is 0 Å². The van der Waals surface area contributed by atoms with E-state index in [2.05, 4.69) is 5.32 Å². The second kappa shape index (κ2) is 5.70. The molecule has 0 unspecified atom stereocenters. The Labute approximate surface area is 124 Å². The molecule has 0 spiro atoms. The Morgan fingerprint density at radius 3 is 2.29 bits per heavy atom. The first-order chi connectivity index (χ1) is 9.76. The zero-order valence-corrected chi connectivity index (χ0v) is 13.2. The fourth-order valence-electron chi connectivity index (χ4n) is 2.85. The summed E-state index contributed by atoms with van der Waals surface area (Å²) in [5, 5.41) is 14.3. The van der Waals surface area contributed by atoms with E-state index in [1.165, 1.54) is 11.2 Å². The van der Waals surface area contributed by atoms with Gasteiger partial charge in [0, 0.05) is 37.3 Å². The molecular weight excluding hydrogens is 294 g/mol. The molecule has 1 aromatic rings. The molecule has 1 aromatic carbocycles. The standard InChI is InChI=1S/C13H19N3O4S/c1-9-8-10(2)13(11(3)12(9)16(17)18)21(19,20)15-6-4-14-5-7-15/h8,14H,4-7H2,1-3H3. The van der Waals surface area contributed by atoms with E-state index in [9.17, 15) is 18.5 Å². The van der Waals surface area contributed by atoms with Gasteiger partial charge in [0.05, 0.1) is 9.82 Å². The van der Waals surface area contributed by atoms with Crippen LogP contribution in [0.2, 0.25) is 0 Å². The largest absolute Gasteiger partial charge is 0.314 e. The van der Waals surface area contributed by atoms with Gasteiger partial charge in [0.1, 0.15) is 0 Å². The van der Waals surface area contributed by atoms with Gasteiger partial charge in [-0.15, -0.1) is 0 Å². The van der Waals surface area contributed by atoms with Crippen molar-refractivity contribution in [2.45, 2.75) is 25.7 Å². The molecular formula is C13H19N3O4S. The van der Waals surface area contributed by atoms with Crippen molar-refractivity contribution in [2.75, 3.05) is 26.2 Å². The number of hydrogen-bond acceptors (Lipinski definition) is 5. The molecule has 116 valence electrons. The van der Waals surface area contributed by atoms with Crippen molar-refractivity contribution in [2.24, 2.45) is 0 Å². The zero-order valence-electron chi connectivity index (χ0n) is 12.3. The lowest BCUT2D eigenvalue weighted by atomic mass is 10.1. The highest BCUT2D eigenvalue weighted by Gasteiger charge is 2.32. The molecule has 0 amide bonds. The first-order valence-electron chi connectivity index (χ1n) is 6.73. The maximum Gasteiger partial charge on any atom is 0.276 e. The highest BCUT2D eigenvalue weighted by molar-refractivity contribution is 7.89. The van der Waals surface area contributed by atoms with Crippen molar-refractivity contribution in [3.05, 3.63) is 32.9 Å². The maximum absolute atomic E-state index is 12.8. The van der Waals surface area contributed by atoms with Crippen LogP contribution < -0.4 is 5.32 Å². The molecule has 0 aromatic heterocycles. The van der Waals surface area contributed by atoms with Crippen molar-refractivity contribution in [3.63, 3.8) is 0 Å². The second-order valence-corrected chi connectivity index (χ2v) is 7.10. The lowest BCUT2D eigenvalue weighted by molar-refractivity contribution is -0.386. The maximum atomic E-state index is 12.8. The van der Waals surface area contributed by atoms with Crippen LogP contribution in [0.1, 0.15) is 16.7 Å². The SMILES string of the molecule is Cc1cc(C)c(S(=O)(=O)N2CCNCC2)c(C)c1[N+](=O)[O-]. The summed E-state index contributed by atoms with van der Waals surface area (Å²) in [6, 6.07) is 1.57. The lowest BCUT2D eigenvalue weighted by Crippen LogP contribution is -2.46. The van der Waals surface area contributed by atoms with E-state index in [4.69, 9.17) is 0 Å². The normalized spacial score (nSPS) is 16.9. The molecule has 1 heterocycles. The molecule has 1 aliphatic rings. The van der Waals surface area contributed by atoms with Gasteiger partial charge in [-0.3, -0.25) is 10.1 Å². The quantitative estimate of drug-likeness (QED) is 0.666. The summed E-state index contributed by atoms with van der Waals surface area (Å²) in [6.45, 7) is 6.74. The van der Waals surface area contributed by atoms with Crippen molar-refractivity contribution in [1.82, 2.24) is 9.62 Å². The molecule has 0 atom stereocenters. The van der Waals surface area contributed by atoms with Gasteiger partial charge in [-0.05, 0) is 32.4 Å². The third-order valence-electron chi connectivity index (χ3n) is 3.72. The van der Waals surface area contributed by atoms with Gasteiger partial charge in [0.25, 0.3) is 5.69 Å². The molecule has 8 heteroatoms. The number of rotatable bonds is 3. The van der Waals surface area contributed by atoms with Gasteiger partial charge in [0.15, 0.2) is 0 Å². The van der Waals surface area contributed by atoms with Crippen molar-refractivity contribution in [1.29, 1.82) is 0 Å². The number of nitrogens with zero attached hydrogens (tertiary/aromatic N) is 2. The van der Waals surface area contributed by atoms with Crippen LogP contribution in [0.15, 0.2) is 11.0 Å². The fourth-order valence-corrected chi connectivity index (χ4v) is 4.72. The third-order valence-corrected chi connectivity index (χ3v) is 5.91. The molecule has 1 N–H and O–H groups in total. The Bertz CT molecular complexity index is 679. The predicted octanol–water partition coefficient (Wildman–Crippen LogP) is 1.11. The van der Waals surface area contributed by atoms with Crippen LogP contribution in [0, 0.1) is 30.9 Å². The molecule has 1 fully saturated rings. The van der Waals surface area contributed by atoms with Crippen LogP contribution in [0.3, 0.4) is 0 Å². The molecule has 2 rings (SSSR count). The molecule has 7 nitrogen and oxygen atoms in total. The highest BCUT2D eigenvalue weighted by atomic mass is 32.2. The Hall–Kier alpha value is -1.51. The molecule has 1 saturated heterocycles. The van der Waals surface area contributed by atoms with Crippen LogP contribution in [-0.2, 0) is 10.0 Å². The summed E-state index contributed by atoms with van der Waals surface area (Å²) in [5.41, 5.74) is 1.13. The molecule has 0 aliphatic carbocycles. The molecule has 0 saturated carbocycles. The van der Waals surface area contributed by atoms with Crippen molar-refractivity contribution >= 4 is 15.7 Å². The van der Waals surface area contributed by atoms with E-state index in [-0.39, 0.29) is 16.1 Å². The van der Waals surface area contributed by atoms with Crippen LogP contribution >= 0.6 is 0 Å². The van der Waals surface area contributed by atoms with Crippen LogP contribution in [-0.4, -0.2) is 43.8 Å². The summed E-state index contributed by atoms with van der Waals surface area (Å²) in [4.78, 5) is 10.8. The number of nitrogens with one attached hydrogen (secondary N) is 1. The minimum Gasteiger partial charge on any atom is -0.314 e. The highest BCUT2D eigenvalue weighted by Crippen LogP contribution is 2.33. The Kier molecular flexibility index (Phi) is 4.31. The molecule has 1 aliphatic heterocycles. The number of piperazine rings is 1.